The summed E-state index contributed by atoms with van der Waals surface area (Å²) in [5.41, 5.74) is 0.867. The number of nitrogens with zero attached hydrogens (tertiary/aromatic N) is 4. The van der Waals surface area contributed by atoms with Gasteiger partial charge in [-0.3, -0.25) is 9.69 Å². The molecule has 7 heteroatoms. The van der Waals surface area contributed by atoms with Crippen LogP contribution >= 0.6 is 0 Å². The molecule has 0 radical (unpaired) electrons. The number of hydrogen-bond acceptors (Lipinski definition) is 6. The third-order valence-electron chi connectivity index (χ3n) is 4.79. The van der Waals surface area contributed by atoms with Crippen molar-refractivity contribution in [2.24, 2.45) is 5.92 Å². The Hall–Kier alpha value is -2.41. The second kappa shape index (κ2) is 9.68. The van der Waals surface area contributed by atoms with Crippen molar-refractivity contribution in [3.63, 3.8) is 0 Å². The van der Waals surface area contributed by atoms with Crippen LogP contribution in [0, 0.1) is 5.92 Å². The summed E-state index contributed by atoms with van der Waals surface area (Å²) in [4.78, 5) is 21.3. The molecule has 0 saturated carbocycles. The maximum atomic E-state index is 12.5. The minimum Gasteiger partial charge on any atom is -0.494 e. The zero-order valence-corrected chi connectivity index (χ0v) is 17.1. The van der Waals surface area contributed by atoms with E-state index in [0.29, 0.717) is 37.1 Å². The van der Waals surface area contributed by atoms with E-state index in [1.54, 1.807) is 0 Å². The number of hydrogen-bond donors (Lipinski definition) is 0. The third-order valence-corrected chi connectivity index (χ3v) is 4.79. The van der Waals surface area contributed by atoms with E-state index in [9.17, 15) is 4.79 Å². The minimum atomic E-state index is 0.157. The molecule has 1 amide bonds. The van der Waals surface area contributed by atoms with E-state index in [-0.39, 0.29) is 5.91 Å². The van der Waals surface area contributed by atoms with Crippen molar-refractivity contribution >= 4 is 5.91 Å². The highest BCUT2D eigenvalue weighted by molar-refractivity contribution is 5.76. The molecule has 1 fully saturated rings. The van der Waals surface area contributed by atoms with Crippen molar-refractivity contribution in [1.29, 1.82) is 0 Å². The fourth-order valence-electron chi connectivity index (χ4n) is 3.41. The van der Waals surface area contributed by atoms with Crippen LogP contribution in [0.5, 0.6) is 5.75 Å². The lowest BCUT2D eigenvalue weighted by atomic mass is 10.2. The number of benzene rings is 1. The number of carbonyl (C=O) groups is 1. The Bertz CT molecular complexity index is 749. The van der Waals surface area contributed by atoms with Crippen molar-refractivity contribution in [2.45, 2.75) is 33.6 Å². The molecular formula is C21H30N4O3. The van der Waals surface area contributed by atoms with E-state index < -0.39 is 0 Å². The molecule has 0 bridgehead atoms. The van der Waals surface area contributed by atoms with Gasteiger partial charge in [-0.25, -0.2) is 0 Å². The quantitative estimate of drug-likeness (QED) is 0.695. The molecule has 0 spiro atoms. The summed E-state index contributed by atoms with van der Waals surface area (Å²) < 4.78 is 10.8. The number of piperazine rings is 1. The molecule has 2 aromatic rings. The second-order valence-corrected chi connectivity index (χ2v) is 7.54. The van der Waals surface area contributed by atoms with E-state index in [4.69, 9.17) is 9.26 Å². The van der Waals surface area contributed by atoms with Crippen LogP contribution in [0.15, 0.2) is 28.8 Å². The molecule has 152 valence electrons. The molecule has 28 heavy (non-hydrogen) atoms. The molecule has 7 nitrogen and oxygen atoms in total. The number of aromatic nitrogens is 2. The molecule has 1 saturated heterocycles. The lowest BCUT2D eigenvalue weighted by molar-refractivity contribution is -0.133. The monoisotopic (exact) mass is 386 g/mol. The fraction of sp³-hybridized carbons (Fsp3) is 0.571. The first-order chi connectivity index (χ1) is 13.5. The molecular weight excluding hydrogens is 356 g/mol. The Morgan fingerprint density at radius 1 is 1.18 bits per heavy atom. The van der Waals surface area contributed by atoms with Crippen molar-refractivity contribution in [3.05, 3.63) is 30.2 Å². The van der Waals surface area contributed by atoms with Gasteiger partial charge in [0, 0.05) is 51.1 Å². The zero-order chi connectivity index (χ0) is 19.9. The first-order valence-corrected chi connectivity index (χ1v) is 10.1. The average Bonchev–Trinajstić information content (AvgIpc) is 3.16. The van der Waals surface area contributed by atoms with Crippen LogP contribution in [0.3, 0.4) is 0 Å². The summed E-state index contributed by atoms with van der Waals surface area (Å²) in [6, 6.07) is 7.58. The van der Waals surface area contributed by atoms with Gasteiger partial charge in [0.2, 0.25) is 17.6 Å². The first-order valence-electron chi connectivity index (χ1n) is 10.1. The van der Waals surface area contributed by atoms with E-state index in [2.05, 4.69) is 28.9 Å². The van der Waals surface area contributed by atoms with Crippen LogP contribution in [0.25, 0.3) is 11.4 Å². The van der Waals surface area contributed by atoms with Gasteiger partial charge < -0.3 is 14.2 Å². The van der Waals surface area contributed by atoms with Crippen molar-refractivity contribution in [2.75, 3.05) is 39.3 Å². The van der Waals surface area contributed by atoms with Gasteiger partial charge in [0.05, 0.1) is 6.61 Å². The lowest BCUT2D eigenvalue weighted by Crippen LogP contribution is -2.49. The van der Waals surface area contributed by atoms with Gasteiger partial charge in [0.1, 0.15) is 5.75 Å². The van der Waals surface area contributed by atoms with Crippen LogP contribution in [0.2, 0.25) is 0 Å². The molecule has 1 aliphatic rings. The number of aryl methyl sites for hydroxylation is 1. The zero-order valence-electron chi connectivity index (χ0n) is 17.1. The smallest absolute Gasteiger partial charge is 0.227 e. The SMILES string of the molecule is CCOc1ccc(-c2noc(CCC(=O)N3CCN(CC(C)C)CC3)n2)cc1. The van der Waals surface area contributed by atoms with E-state index in [1.807, 2.05) is 36.1 Å². The third kappa shape index (κ3) is 5.55. The van der Waals surface area contributed by atoms with Crippen LogP contribution < -0.4 is 4.74 Å². The predicted octanol–water partition coefficient (Wildman–Crippen LogP) is 2.87. The van der Waals surface area contributed by atoms with Gasteiger partial charge in [-0.05, 0) is 37.1 Å². The van der Waals surface area contributed by atoms with E-state index >= 15 is 0 Å². The van der Waals surface area contributed by atoms with E-state index in [1.165, 1.54) is 0 Å². The highest BCUT2D eigenvalue weighted by atomic mass is 16.5. The molecule has 0 atom stereocenters. The maximum absolute atomic E-state index is 12.5. The molecule has 2 heterocycles. The number of amides is 1. The summed E-state index contributed by atoms with van der Waals surface area (Å²) in [7, 11) is 0. The predicted molar refractivity (Wildman–Crippen MR) is 107 cm³/mol. The van der Waals surface area contributed by atoms with Crippen molar-refractivity contribution < 1.29 is 14.1 Å². The van der Waals surface area contributed by atoms with Gasteiger partial charge in [-0.1, -0.05) is 19.0 Å². The molecule has 0 N–H and O–H groups in total. The maximum Gasteiger partial charge on any atom is 0.227 e. The Morgan fingerprint density at radius 3 is 2.54 bits per heavy atom. The molecule has 0 unspecified atom stereocenters. The van der Waals surface area contributed by atoms with E-state index in [0.717, 1.165) is 44.0 Å². The van der Waals surface area contributed by atoms with Gasteiger partial charge in [-0.15, -0.1) is 0 Å². The standard InChI is InChI=1S/C21H30N4O3/c1-4-27-18-7-5-17(6-8-18)21-22-19(28-23-21)9-10-20(26)25-13-11-24(12-14-25)15-16(2)3/h5-8,16H,4,9-15H2,1-3H3. The summed E-state index contributed by atoms with van der Waals surface area (Å²) in [5.74, 6) is 2.66. The number of ether oxygens (including phenoxy) is 1. The average molecular weight is 386 g/mol. The summed E-state index contributed by atoms with van der Waals surface area (Å²) >= 11 is 0. The highest BCUT2D eigenvalue weighted by Crippen LogP contribution is 2.20. The Morgan fingerprint density at radius 2 is 1.89 bits per heavy atom. The van der Waals surface area contributed by atoms with Crippen LogP contribution in [-0.4, -0.2) is 65.2 Å². The highest BCUT2D eigenvalue weighted by Gasteiger charge is 2.22. The Balaban J connectivity index is 1.47. The normalized spacial score (nSPS) is 15.2. The number of carbonyl (C=O) groups excluding carboxylic acids is 1. The first kappa shape index (κ1) is 20.3. The molecule has 3 rings (SSSR count). The van der Waals surface area contributed by atoms with Crippen LogP contribution in [-0.2, 0) is 11.2 Å². The van der Waals surface area contributed by atoms with Gasteiger partial charge >= 0.3 is 0 Å². The Kier molecular flexibility index (Phi) is 7.03. The van der Waals surface area contributed by atoms with Crippen LogP contribution in [0.4, 0.5) is 0 Å². The minimum absolute atomic E-state index is 0.157. The summed E-state index contributed by atoms with van der Waals surface area (Å²) in [6.45, 7) is 11.6. The fourth-order valence-corrected chi connectivity index (χ4v) is 3.41. The summed E-state index contributed by atoms with van der Waals surface area (Å²) in [5, 5.41) is 4.03. The topological polar surface area (TPSA) is 71.7 Å². The largest absolute Gasteiger partial charge is 0.494 e. The van der Waals surface area contributed by atoms with Crippen molar-refractivity contribution in [1.82, 2.24) is 19.9 Å². The van der Waals surface area contributed by atoms with Crippen molar-refractivity contribution in [3.8, 4) is 17.1 Å². The molecule has 1 aromatic carbocycles. The molecule has 1 aromatic heterocycles. The molecule has 1 aliphatic heterocycles. The summed E-state index contributed by atoms with van der Waals surface area (Å²) in [6.07, 6.45) is 0.865. The van der Waals surface area contributed by atoms with Gasteiger partial charge in [0.15, 0.2) is 0 Å². The van der Waals surface area contributed by atoms with Gasteiger partial charge in [0.25, 0.3) is 0 Å². The Labute approximate surface area is 166 Å². The van der Waals surface area contributed by atoms with Crippen LogP contribution in [0.1, 0.15) is 33.1 Å². The lowest BCUT2D eigenvalue weighted by Gasteiger charge is -2.35. The second-order valence-electron chi connectivity index (χ2n) is 7.54. The number of rotatable bonds is 8. The molecule has 0 aliphatic carbocycles. The van der Waals surface area contributed by atoms with Gasteiger partial charge in [-0.2, -0.15) is 4.98 Å².